The summed E-state index contributed by atoms with van der Waals surface area (Å²) in [7, 11) is 0. The summed E-state index contributed by atoms with van der Waals surface area (Å²) in [6.45, 7) is 9.64. The summed E-state index contributed by atoms with van der Waals surface area (Å²) in [5.41, 5.74) is 0.964. The minimum Gasteiger partial charge on any atom is -0.408 e. The Morgan fingerprint density at radius 2 is 2.11 bits per heavy atom. The van der Waals surface area contributed by atoms with E-state index < -0.39 is 0 Å². The van der Waals surface area contributed by atoms with E-state index >= 15 is 0 Å². The van der Waals surface area contributed by atoms with E-state index in [1.165, 1.54) is 0 Å². The highest BCUT2D eigenvalue weighted by Crippen LogP contribution is 2.22. The molecule has 0 saturated carbocycles. The van der Waals surface area contributed by atoms with Gasteiger partial charge in [-0.25, -0.2) is 0 Å². The third-order valence-corrected chi connectivity index (χ3v) is 2.59. The largest absolute Gasteiger partial charge is 0.408 e. The van der Waals surface area contributed by atoms with Crippen LogP contribution in [0.1, 0.15) is 39.3 Å². The van der Waals surface area contributed by atoms with Gasteiger partial charge < -0.3 is 9.73 Å². The first kappa shape index (κ1) is 12.6. The van der Waals surface area contributed by atoms with Gasteiger partial charge in [0.2, 0.25) is 5.89 Å². The Bertz CT molecular complexity index is 509. The van der Waals surface area contributed by atoms with Gasteiger partial charge in [-0.2, -0.15) is 5.10 Å². The average Bonchev–Trinajstić information content (AvgIpc) is 2.94. The number of hydrogen-bond acceptors (Lipinski definition) is 5. The quantitative estimate of drug-likeness (QED) is 0.899. The molecule has 2 aromatic heterocycles. The van der Waals surface area contributed by atoms with E-state index in [1.54, 1.807) is 6.20 Å². The number of anilines is 1. The second-order valence-corrected chi connectivity index (χ2v) is 5.15. The molecule has 98 valence electrons. The predicted molar refractivity (Wildman–Crippen MR) is 68.2 cm³/mol. The van der Waals surface area contributed by atoms with Crippen molar-refractivity contribution in [2.24, 2.45) is 0 Å². The summed E-state index contributed by atoms with van der Waals surface area (Å²) in [5, 5.41) is 15.3. The third kappa shape index (κ3) is 2.69. The predicted octanol–water partition coefficient (Wildman–Crippen LogP) is 2.20. The van der Waals surface area contributed by atoms with Crippen molar-refractivity contribution in [2.45, 2.75) is 46.2 Å². The summed E-state index contributed by atoms with van der Waals surface area (Å²) in [6, 6.07) is 2.42. The van der Waals surface area contributed by atoms with E-state index in [2.05, 4.69) is 27.5 Å². The lowest BCUT2D eigenvalue weighted by Gasteiger charge is -2.11. The molecule has 0 radical (unpaired) electrons. The van der Waals surface area contributed by atoms with Crippen molar-refractivity contribution in [2.75, 3.05) is 5.32 Å². The second-order valence-electron chi connectivity index (χ2n) is 5.15. The van der Waals surface area contributed by atoms with Crippen LogP contribution in [-0.2, 0) is 18.5 Å². The van der Waals surface area contributed by atoms with Crippen LogP contribution < -0.4 is 5.32 Å². The van der Waals surface area contributed by atoms with Crippen LogP contribution in [0.2, 0.25) is 0 Å². The number of hydrogen-bond donors (Lipinski definition) is 1. The van der Waals surface area contributed by atoms with Gasteiger partial charge in [0, 0.05) is 18.2 Å². The van der Waals surface area contributed by atoms with Gasteiger partial charge in [-0.15, -0.1) is 5.10 Å². The number of aryl methyl sites for hydroxylation is 1. The van der Waals surface area contributed by atoms with Crippen LogP contribution in [0.3, 0.4) is 0 Å². The molecule has 6 heteroatoms. The molecule has 0 amide bonds. The monoisotopic (exact) mass is 249 g/mol. The summed E-state index contributed by atoms with van der Waals surface area (Å²) in [6.07, 6.45) is 1.79. The zero-order valence-electron chi connectivity index (χ0n) is 11.3. The van der Waals surface area contributed by atoms with Crippen LogP contribution in [-0.4, -0.2) is 20.0 Å². The second kappa shape index (κ2) is 4.80. The molecule has 0 aromatic carbocycles. The molecule has 0 bridgehead atoms. The highest BCUT2D eigenvalue weighted by Gasteiger charge is 2.21. The molecule has 0 saturated heterocycles. The van der Waals surface area contributed by atoms with Crippen molar-refractivity contribution in [3.8, 4) is 0 Å². The van der Waals surface area contributed by atoms with Gasteiger partial charge in [0.05, 0.1) is 12.2 Å². The van der Waals surface area contributed by atoms with Crippen LogP contribution in [0.15, 0.2) is 16.7 Å². The van der Waals surface area contributed by atoms with Gasteiger partial charge in [-0.3, -0.25) is 4.68 Å². The van der Waals surface area contributed by atoms with E-state index in [4.69, 9.17) is 4.42 Å². The van der Waals surface area contributed by atoms with Crippen LogP contribution in [0.4, 0.5) is 6.01 Å². The van der Waals surface area contributed by atoms with Crippen LogP contribution in [0.5, 0.6) is 0 Å². The molecule has 0 unspecified atom stereocenters. The van der Waals surface area contributed by atoms with Gasteiger partial charge in [0.15, 0.2) is 0 Å². The standard InChI is InChI=1S/C12H19N5O/c1-5-17-9(6-7-14-17)8-13-11-16-15-10(18-11)12(2,3)4/h6-7H,5,8H2,1-4H3,(H,13,16). The zero-order chi connectivity index (χ0) is 13.2. The Kier molecular flexibility index (Phi) is 3.36. The van der Waals surface area contributed by atoms with Gasteiger partial charge >= 0.3 is 6.01 Å². The van der Waals surface area contributed by atoms with Crippen molar-refractivity contribution < 1.29 is 4.42 Å². The van der Waals surface area contributed by atoms with Crippen molar-refractivity contribution in [3.63, 3.8) is 0 Å². The number of aromatic nitrogens is 4. The molecule has 6 nitrogen and oxygen atoms in total. The van der Waals surface area contributed by atoms with E-state index in [9.17, 15) is 0 Å². The minimum atomic E-state index is -0.127. The molecular formula is C12H19N5O. The fraction of sp³-hybridized carbons (Fsp3) is 0.583. The Hall–Kier alpha value is -1.85. The smallest absolute Gasteiger partial charge is 0.315 e. The minimum absolute atomic E-state index is 0.127. The summed E-state index contributed by atoms with van der Waals surface area (Å²) in [4.78, 5) is 0. The van der Waals surface area contributed by atoms with Crippen LogP contribution in [0.25, 0.3) is 0 Å². The average molecular weight is 249 g/mol. The topological polar surface area (TPSA) is 68.8 Å². The van der Waals surface area contributed by atoms with Crippen LogP contribution in [0, 0.1) is 0 Å². The number of nitrogens with zero attached hydrogens (tertiary/aromatic N) is 4. The lowest BCUT2D eigenvalue weighted by Crippen LogP contribution is -2.11. The van der Waals surface area contributed by atoms with E-state index in [-0.39, 0.29) is 5.41 Å². The Morgan fingerprint density at radius 3 is 2.72 bits per heavy atom. The first-order valence-electron chi connectivity index (χ1n) is 6.09. The number of rotatable bonds is 4. The molecule has 0 aliphatic carbocycles. The molecule has 0 aliphatic heterocycles. The summed E-state index contributed by atoms with van der Waals surface area (Å²) >= 11 is 0. The molecule has 2 rings (SSSR count). The molecule has 1 N–H and O–H groups in total. The van der Waals surface area contributed by atoms with E-state index in [1.807, 2.05) is 31.5 Å². The van der Waals surface area contributed by atoms with Crippen molar-refractivity contribution >= 4 is 6.01 Å². The Morgan fingerprint density at radius 1 is 1.33 bits per heavy atom. The molecule has 18 heavy (non-hydrogen) atoms. The maximum Gasteiger partial charge on any atom is 0.315 e. The molecule has 0 spiro atoms. The summed E-state index contributed by atoms with van der Waals surface area (Å²) in [5.74, 6) is 0.633. The molecule has 0 aliphatic rings. The SMILES string of the molecule is CCn1nccc1CNc1nnc(C(C)(C)C)o1. The molecule has 2 heterocycles. The lowest BCUT2D eigenvalue weighted by atomic mass is 9.97. The maximum absolute atomic E-state index is 5.56. The highest BCUT2D eigenvalue weighted by atomic mass is 16.4. The first-order chi connectivity index (χ1) is 8.50. The first-order valence-corrected chi connectivity index (χ1v) is 6.09. The van der Waals surface area contributed by atoms with Crippen molar-refractivity contribution in [1.29, 1.82) is 0 Å². The van der Waals surface area contributed by atoms with Crippen LogP contribution >= 0.6 is 0 Å². The zero-order valence-corrected chi connectivity index (χ0v) is 11.3. The fourth-order valence-electron chi connectivity index (χ4n) is 1.56. The van der Waals surface area contributed by atoms with E-state index in [0.29, 0.717) is 18.5 Å². The van der Waals surface area contributed by atoms with Crippen molar-refractivity contribution in [1.82, 2.24) is 20.0 Å². The van der Waals surface area contributed by atoms with Crippen molar-refractivity contribution in [3.05, 3.63) is 23.8 Å². The Balaban J connectivity index is 2.01. The Labute approximate surface area is 106 Å². The molecule has 0 fully saturated rings. The molecule has 2 aromatic rings. The number of nitrogens with one attached hydrogen (secondary N) is 1. The highest BCUT2D eigenvalue weighted by molar-refractivity contribution is 5.20. The van der Waals surface area contributed by atoms with Gasteiger partial charge in [-0.1, -0.05) is 25.9 Å². The fourth-order valence-corrected chi connectivity index (χ4v) is 1.56. The lowest BCUT2D eigenvalue weighted by molar-refractivity contribution is 0.399. The maximum atomic E-state index is 5.56. The van der Waals surface area contributed by atoms with Gasteiger partial charge in [0.25, 0.3) is 0 Å². The third-order valence-electron chi connectivity index (χ3n) is 2.59. The van der Waals surface area contributed by atoms with Gasteiger partial charge in [0.1, 0.15) is 0 Å². The van der Waals surface area contributed by atoms with E-state index in [0.717, 1.165) is 12.2 Å². The summed E-state index contributed by atoms with van der Waals surface area (Å²) < 4.78 is 7.48. The normalized spacial score (nSPS) is 11.8. The molecule has 0 atom stereocenters. The van der Waals surface area contributed by atoms with Gasteiger partial charge in [-0.05, 0) is 13.0 Å². The molecular weight excluding hydrogens is 230 g/mol.